The summed E-state index contributed by atoms with van der Waals surface area (Å²) in [7, 11) is -1.10. The molecular weight excluding hydrogens is 450 g/mol. The van der Waals surface area contributed by atoms with Crippen molar-refractivity contribution in [1.29, 1.82) is 0 Å². The van der Waals surface area contributed by atoms with Crippen LogP contribution >= 0.6 is 0 Å². The third kappa shape index (κ3) is 6.07. The number of para-hydroxylation sites is 1. The minimum absolute atomic E-state index is 0.0523. The maximum Gasteiger partial charge on any atom is 0.339 e. The Balaban J connectivity index is 1.59. The summed E-state index contributed by atoms with van der Waals surface area (Å²) in [6, 6.07) is 17.1. The Kier molecular flexibility index (Phi) is 7.62. The number of carbonyl (C=O) groups is 1. The molecule has 0 fully saturated rings. The maximum absolute atomic E-state index is 12.8. The van der Waals surface area contributed by atoms with Crippen molar-refractivity contribution in [2.75, 3.05) is 32.2 Å². The van der Waals surface area contributed by atoms with Crippen LogP contribution < -0.4 is 23.7 Å². The molecule has 2 N–H and O–H groups in total. The highest BCUT2D eigenvalue weighted by Gasteiger charge is 2.21. The SMILES string of the molecule is COc1ccc(OC)c(S(=O)(=O)Nc2ccc(OCCOc3ccccc3C(=O)O)cc2)c1. The van der Waals surface area contributed by atoms with Crippen molar-refractivity contribution in [3.63, 3.8) is 0 Å². The van der Waals surface area contributed by atoms with Crippen LogP contribution in [0.25, 0.3) is 0 Å². The van der Waals surface area contributed by atoms with Crippen molar-refractivity contribution >= 4 is 21.7 Å². The number of hydrogen-bond acceptors (Lipinski definition) is 7. The molecule has 0 heterocycles. The van der Waals surface area contributed by atoms with Crippen molar-refractivity contribution in [1.82, 2.24) is 0 Å². The van der Waals surface area contributed by atoms with Crippen LogP contribution in [-0.2, 0) is 10.0 Å². The summed E-state index contributed by atoms with van der Waals surface area (Å²) >= 11 is 0. The minimum atomic E-state index is -3.93. The monoisotopic (exact) mass is 473 g/mol. The maximum atomic E-state index is 12.8. The molecule has 0 spiro atoms. The third-order valence-corrected chi connectivity index (χ3v) is 5.90. The van der Waals surface area contributed by atoms with Gasteiger partial charge >= 0.3 is 5.97 Å². The van der Waals surface area contributed by atoms with Gasteiger partial charge in [0, 0.05) is 11.8 Å². The quantitative estimate of drug-likeness (QED) is 0.405. The minimum Gasteiger partial charge on any atom is -0.497 e. The van der Waals surface area contributed by atoms with Crippen molar-refractivity contribution in [3.8, 4) is 23.0 Å². The summed E-state index contributed by atoms with van der Waals surface area (Å²) in [5.41, 5.74) is 0.403. The summed E-state index contributed by atoms with van der Waals surface area (Å²) in [5, 5.41) is 9.16. The van der Waals surface area contributed by atoms with Gasteiger partial charge in [-0.2, -0.15) is 0 Å². The lowest BCUT2D eigenvalue weighted by Gasteiger charge is -2.13. The van der Waals surface area contributed by atoms with Gasteiger partial charge in [-0.1, -0.05) is 12.1 Å². The van der Waals surface area contributed by atoms with Crippen LogP contribution in [0.3, 0.4) is 0 Å². The number of benzene rings is 3. The number of ether oxygens (including phenoxy) is 4. The second-order valence-corrected chi connectivity index (χ2v) is 8.30. The number of hydrogen-bond donors (Lipinski definition) is 2. The summed E-state index contributed by atoms with van der Waals surface area (Å²) in [4.78, 5) is 11.1. The molecule has 0 aliphatic heterocycles. The third-order valence-electron chi connectivity index (χ3n) is 4.49. The molecule has 0 saturated heterocycles. The fourth-order valence-corrected chi connectivity index (χ4v) is 4.15. The highest BCUT2D eigenvalue weighted by atomic mass is 32.2. The molecule has 0 bridgehead atoms. The lowest BCUT2D eigenvalue weighted by Crippen LogP contribution is -2.14. The van der Waals surface area contributed by atoms with Gasteiger partial charge in [-0.05, 0) is 48.5 Å². The second-order valence-electron chi connectivity index (χ2n) is 6.64. The van der Waals surface area contributed by atoms with Crippen LogP contribution in [-0.4, -0.2) is 46.9 Å². The molecule has 0 saturated carbocycles. The molecule has 33 heavy (non-hydrogen) atoms. The molecule has 0 radical (unpaired) electrons. The van der Waals surface area contributed by atoms with Crippen LogP contribution in [0.1, 0.15) is 10.4 Å². The predicted molar refractivity (Wildman–Crippen MR) is 121 cm³/mol. The van der Waals surface area contributed by atoms with Crippen molar-refractivity contribution < 1.29 is 37.3 Å². The predicted octanol–water partition coefficient (Wildman–Crippen LogP) is 3.66. The highest BCUT2D eigenvalue weighted by Crippen LogP contribution is 2.30. The molecule has 3 aromatic carbocycles. The van der Waals surface area contributed by atoms with E-state index in [2.05, 4.69) is 4.72 Å². The van der Waals surface area contributed by atoms with Gasteiger partial charge in [0.2, 0.25) is 0 Å². The number of rotatable bonds is 11. The molecule has 0 aliphatic rings. The Hall–Kier alpha value is -3.92. The zero-order chi connectivity index (χ0) is 23.8. The average molecular weight is 474 g/mol. The number of carboxylic acids is 1. The van der Waals surface area contributed by atoms with E-state index in [1.807, 2.05) is 0 Å². The Morgan fingerprint density at radius 3 is 2.18 bits per heavy atom. The van der Waals surface area contributed by atoms with Crippen LogP contribution in [0.4, 0.5) is 5.69 Å². The summed E-state index contributed by atoms with van der Waals surface area (Å²) < 4.78 is 49.5. The van der Waals surface area contributed by atoms with Crippen molar-refractivity contribution in [2.45, 2.75) is 4.90 Å². The van der Waals surface area contributed by atoms with Gasteiger partial charge < -0.3 is 24.1 Å². The van der Waals surface area contributed by atoms with Crippen LogP contribution in [0, 0.1) is 0 Å². The van der Waals surface area contributed by atoms with Crippen LogP contribution in [0.2, 0.25) is 0 Å². The van der Waals surface area contributed by atoms with Gasteiger partial charge in [0.05, 0.1) is 14.2 Å². The zero-order valence-electron chi connectivity index (χ0n) is 18.0. The lowest BCUT2D eigenvalue weighted by atomic mass is 10.2. The normalized spacial score (nSPS) is 10.8. The summed E-state index contributed by atoms with van der Waals surface area (Å²) in [6.07, 6.45) is 0. The molecule has 174 valence electrons. The van der Waals surface area contributed by atoms with E-state index < -0.39 is 16.0 Å². The van der Waals surface area contributed by atoms with E-state index in [0.717, 1.165) is 0 Å². The number of sulfonamides is 1. The topological polar surface area (TPSA) is 120 Å². The molecule has 0 aliphatic carbocycles. The molecule has 0 aromatic heterocycles. The Morgan fingerprint density at radius 2 is 1.52 bits per heavy atom. The first-order chi connectivity index (χ1) is 15.8. The number of aromatic carboxylic acids is 1. The van der Waals surface area contributed by atoms with Gasteiger partial charge in [-0.3, -0.25) is 4.72 Å². The van der Waals surface area contributed by atoms with E-state index in [4.69, 9.17) is 24.1 Å². The fraction of sp³-hybridized carbons (Fsp3) is 0.174. The molecule has 3 aromatic rings. The first-order valence-electron chi connectivity index (χ1n) is 9.77. The summed E-state index contributed by atoms with van der Waals surface area (Å²) in [6.45, 7) is 0.300. The van der Waals surface area contributed by atoms with E-state index >= 15 is 0 Å². The number of anilines is 1. The Labute approximate surface area is 191 Å². The summed E-state index contributed by atoms with van der Waals surface area (Å²) in [5.74, 6) is 0.246. The fourth-order valence-electron chi connectivity index (χ4n) is 2.90. The highest BCUT2D eigenvalue weighted by molar-refractivity contribution is 7.92. The van der Waals surface area contributed by atoms with E-state index in [1.54, 1.807) is 48.5 Å². The first kappa shape index (κ1) is 23.7. The molecule has 10 heteroatoms. The average Bonchev–Trinajstić information content (AvgIpc) is 2.82. The van der Waals surface area contributed by atoms with E-state index in [9.17, 15) is 13.2 Å². The molecule has 0 amide bonds. The molecule has 0 atom stereocenters. The van der Waals surface area contributed by atoms with Crippen LogP contribution in [0.5, 0.6) is 23.0 Å². The standard InChI is InChI=1S/C23H23NO8S/c1-29-18-11-12-21(30-2)22(15-18)33(27,28)24-16-7-9-17(10-8-16)31-13-14-32-20-6-4-3-5-19(20)23(25)26/h3-12,15,24H,13-14H2,1-2H3,(H,25,26). The van der Waals surface area contributed by atoms with Crippen molar-refractivity contribution in [2.24, 2.45) is 0 Å². The molecule has 3 rings (SSSR count). The van der Waals surface area contributed by atoms with Crippen LogP contribution in [0.15, 0.2) is 71.6 Å². The first-order valence-corrected chi connectivity index (χ1v) is 11.2. The Morgan fingerprint density at radius 1 is 0.848 bits per heavy atom. The van der Waals surface area contributed by atoms with E-state index in [0.29, 0.717) is 17.2 Å². The van der Waals surface area contributed by atoms with Gasteiger partial charge in [-0.25, -0.2) is 13.2 Å². The second kappa shape index (κ2) is 10.6. The largest absolute Gasteiger partial charge is 0.497 e. The van der Waals surface area contributed by atoms with E-state index in [-0.39, 0.29) is 35.2 Å². The van der Waals surface area contributed by atoms with Crippen molar-refractivity contribution in [3.05, 3.63) is 72.3 Å². The number of nitrogens with one attached hydrogen (secondary N) is 1. The zero-order valence-corrected chi connectivity index (χ0v) is 18.8. The number of methoxy groups -OCH3 is 2. The smallest absolute Gasteiger partial charge is 0.339 e. The molecule has 0 unspecified atom stereocenters. The lowest BCUT2D eigenvalue weighted by molar-refractivity contribution is 0.0691. The van der Waals surface area contributed by atoms with E-state index in [1.165, 1.54) is 32.4 Å². The molecule has 9 nitrogen and oxygen atoms in total. The Bertz CT molecular complexity index is 1210. The van der Waals surface area contributed by atoms with Gasteiger partial charge in [-0.15, -0.1) is 0 Å². The van der Waals surface area contributed by atoms with Gasteiger partial charge in [0.1, 0.15) is 46.7 Å². The molecular formula is C23H23NO8S. The van der Waals surface area contributed by atoms with Gasteiger partial charge in [0.15, 0.2) is 0 Å². The van der Waals surface area contributed by atoms with Gasteiger partial charge in [0.25, 0.3) is 10.0 Å². The number of carboxylic acid groups (broad SMARTS) is 1.